The second-order valence-electron chi connectivity index (χ2n) is 10.5. The van der Waals surface area contributed by atoms with Crippen LogP contribution in [0, 0.1) is 11.8 Å². The van der Waals surface area contributed by atoms with Gasteiger partial charge in [-0.1, -0.05) is 30.6 Å². The summed E-state index contributed by atoms with van der Waals surface area (Å²) in [4.78, 5) is 13.7. The van der Waals surface area contributed by atoms with Gasteiger partial charge in [-0.2, -0.15) is 0 Å². The molecule has 1 saturated heterocycles. The van der Waals surface area contributed by atoms with Gasteiger partial charge in [0.05, 0.1) is 11.5 Å². The third kappa shape index (κ3) is 4.87. The smallest absolute Gasteiger partial charge is 0.306 e. The Morgan fingerprint density at radius 1 is 1.00 bits per heavy atom. The van der Waals surface area contributed by atoms with Crippen molar-refractivity contribution in [2.24, 2.45) is 11.8 Å². The fourth-order valence-corrected chi connectivity index (χ4v) is 7.49. The van der Waals surface area contributed by atoms with Crippen molar-refractivity contribution in [1.29, 1.82) is 0 Å². The van der Waals surface area contributed by atoms with E-state index >= 15 is 0 Å². The van der Waals surface area contributed by atoms with Crippen LogP contribution in [0.5, 0.6) is 0 Å². The van der Waals surface area contributed by atoms with Crippen LogP contribution in [0.2, 0.25) is 0 Å². The molecule has 2 aliphatic carbocycles. The quantitative estimate of drug-likeness (QED) is 0.533. The first kappa shape index (κ1) is 23.7. The number of anilines is 1. The molecule has 34 heavy (non-hydrogen) atoms. The van der Waals surface area contributed by atoms with Gasteiger partial charge in [-0.15, -0.1) is 10.2 Å². The number of methoxy groups -OCH3 is 1. The van der Waals surface area contributed by atoms with Crippen LogP contribution in [-0.4, -0.2) is 47.1 Å². The normalized spacial score (nSPS) is 25.9. The summed E-state index contributed by atoms with van der Waals surface area (Å²) in [5.74, 6) is 0.219. The Morgan fingerprint density at radius 3 is 2.29 bits per heavy atom. The zero-order chi connectivity index (χ0) is 23.5. The minimum Gasteiger partial charge on any atom is -0.481 e. The van der Waals surface area contributed by atoms with Gasteiger partial charge in [0.2, 0.25) is 0 Å². The van der Waals surface area contributed by atoms with Crippen molar-refractivity contribution in [3.8, 4) is 10.6 Å². The summed E-state index contributed by atoms with van der Waals surface area (Å²) < 4.78 is 6.18. The average molecular weight is 484 g/mol. The molecule has 0 amide bonds. The number of aliphatic carboxylic acids is 1. The van der Waals surface area contributed by atoms with Gasteiger partial charge in [0, 0.05) is 37.4 Å². The molecule has 2 heterocycles. The van der Waals surface area contributed by atoms with Crippen LogP contribution in [0.3, 0.4) is 0 Å². The number of nitrogens with zero attached hydrogens (tertiary/aromatic N) is 3. The van der Waals surface area contributed by atoms with Crippen molar-refractivity contribution in [1.82, 2.24) is 10.2 Å². The molecular formula is C27H37N3O3S. The molecule has 0 radical (unpaired) electrons. The maximum atomic E-state index is 11.2. The maximum Gasteiger partial charge on any atom is 0.306 e. The standard InChI is InChI=1S/C27H37N3O3S/c1-33-27(22-5-3-2-4-6-22)15-17-30(18-16-27)23-13-11-20(12-14-23)25-29-28-24(34-25)19-7-9-21(10-8-19)26(31)32/h11-14,19,21-22H,2-10,15-18H2,1H3,(H,31,32)/t19-,21-. The van der Waals surface area contributed by atoms with E-state index in [1.54, 1.807) is 11.3 Å². The van der Waals surface area contributed by atoms with Crippen LogP contribution < -0.4 is 4.90 Å². The molecule has 184 valence electrons. The summed E-state index contributed by atoms with van der Waals surface area (Å²) in [6.07, 6.45) is 12.2. The minimum atomic E-state index is -0.660. The first-order chi connectivity index (χ1) is 16.6. The number of ether oxygens (including phenoxy) is 1. The van der Waals surface area contributed by atoms with Gasteiger partial charge in [-0.25, -0.2) is 0 Å². The van der Waals surface area contributed by atoms with E-state index in [-0.39, 0.29) is 11.5 Å². The predicted octanol–water partition coefficient (Wildman–Crippen LogP) is 6.13. The zero-order valence-electron chi connectivity index (χ0n) is 20.2. The van der Waals surface area contributed by atoms with Crippen LogP contribution in [0.25, 0.3) is 10.6 Å². The molecule has 0 atom stereocenters. The Balaban J connectivity index is 1.19. The Labute approximate surface area is 206 Å². The molecule has 1 aromatic carbocycles. The van der Waals surface area contributed by atoms with Gasteiger partial charge in [0.25, 0.3) is 0 Å². The van der Waals surface area contributed by atoms with Crippen molar-refractivity contribution in [2.45, 2.75) is 82.1 Å². The van der Waals surface area contributed by atoms with Crippen molar-refractivity contribution in [3.05, 3.63) is 29.3 Å². The van der Waals surface area contributed by atoms with Crippen LogP contribution in [0.1, 0.15) is 81.6 Å². The zero-order valence-corrected chi connectivity index (χ0v) is 21.1. The Hall–Kier alpha value is -1.99. The van der Waals surface area contributed by atoms with Gasteiger partial charge in [0.1, 0.15) is 10.0 Å². The third-order valence-corrected chi connectivity index (χ3v) is 9.85. The monoisotopic (exact) mass is 483 g/mol. The van der Waals surface area contributed by atoms with Gasteiger partial charge in [-0.05, 0) is 81.5 Å². The van der Waals surface area contributed by atoms with Crippen LogP contribution in [0.4, 0.5) is 5.69 Å². The lowest BCUT2D eigenvalue weighted by Crippen LogP contribution is -2.50. The van der Waals surface area contributed by atoms with Crippen molar-refractivity contribution in [3.63, 3.8) is 0 Å². The molecule has 2 aromatic rings. The van der Waals surface area contributed by atoms with E-state index in [9.17, 15) is 9.90 Å². The third-order valence-electron chi connectivity index (χ3n) is 8.71. The van der Waals surface area contributed by atoms with Crippen LogP contribution in [-0.2, 0) is 9.53 Å². The summed E-state index contributed by atoms with van der Waals surface area (Å²) in [6, 6.07) is 8.77. The minimum absolute atomic E-state index is 0.0728. The second-order valence-corrected chi connectivity index (χ2v) is 11.5. The highest BCUT2D eigenvalue weighted by Gasteiger charge is 2.42. The number of carbonyl (C=O) groups is 1. The molecule has 1 aliphatic heterocycles. The predicted molar refractivity (Wildman–Crippen MR) is 135 cm³/mol. The molecule has 6 nitrogen and oxygen atoms in total. The topological polar surface area (TPSA) is 75.5 Å². The molecule has 0 bridgehead atoms. The molecule has 2 saturated carbocycles. The molecular weight excluding hydrogens is 446 g/mol. The molecule has 3 aliphatic rings. The van der Waals surface area contributed by atoms with Crippen molar-refractivity contribution in [2.75, 3.05) is 25.1 Å². The van der Waals surface area contributed by atoms with Crippen LogP contribution in [0.15, 0.2) is 24.3 Å². The summed E-state index contributed by atoms with van der Waals surface area (Å²) in [7, 11) is 1.92. The molecule has 0 unspecified atom stereocenters. The first-order valence-corrected chi connectivity index (χ1v) is 13.9. The number of benzene rings is 1. The number of carboxylic acids is 1. The maximum absolute atomic E-state index is 11.2. The Kier molecular flexibility index (Phi) is 7.21. The molecule has 1 N–H and O–H groups in total. The summed E-state index contributed by atoms with van der Waals surface area (Å²) in [6.45, 7) is 2.09. The van der Waals surface area contributed by atoms with E-state index in [4.69, 9.17) is 4.74 Å². The fourth-order valence-electron chi connectivity index (χ4n) is 6.47. The van der Waals surface area contributed by atoms with E-state index in [1.807, 2.05) is 7.11 Å². The molecule has 1 aromatic heterocycles. The molecule has 0 spiro atoms. The highest BCUT2D eigenvalue weighted by Crippen LogP contribution is 2.42. The van der Waals surface area contributed by atoms with Gasteiger partial charge >= 0.3 is 5.97 Å². The SMILES string of the molecule is COC1(C2CCCCC2)CCN(c2ccc(-c3nnc([C@H]4CC[C@H](C(=O)O)CC4)s3)cc2)CC1. The van der Waals surface area contributed by atoms with Gasteiger partial charge in [0.15, 0.2) is 0 Å². The molecule has 3 fully saturated rings. The molecule has 7 heteroatoms. The Morgan fingerprint density at radius 2 is 1.68 bits per heavy atom. The lowest BCUT2D eigenvalue weighted by atomic mass is 9.72. The number of hydrogen-bond donors (Lipinski definition) is 1. The van der Waals surface area contributed by atoms with E-state index < -0.39 is 5.97 Å². The largest absolute Gasteiger partial charge is 0.481 e. The van der Waals surface area contributed by atoms with E-state index in [0.29, 0.717) is 5.92 Å². The highest BCUT2D eigenvalue weighted by molar-refractivity contribution is 7.14. The second kappa shape index (κ2) is 10.3. The Bertz CT molecular complexity index is 954. The number of rotatable bonds is 6. The molecule has 5 rings (SSSR count). The summed E-state index contributed by atoms with van der Waals surface area (Å²) in [5.41, 5.74) is 2.45. The lowest BCUT2D eigenvalue weighted by Gasteiger charge is -2.47. The van der Waals surface area contributed by atoms with E-state index in [0.717, 1.165) is 73.1 Å². The number of carboxylic acid groups (broad SMARTS) is 1. The number of piperidine rings is 1. The lowest BCUT2D eigenvalue weighted by molar-refractivity contribution is -0.142. The van der Waals surface area contributed by atoms with Gasteiger partial charge < -0.3 is 14.7 Å². The average Bonchev–Trinajstić information content (AvgIpc) is 3.40. The van der Waals surface area contributed by atoms with E-state index in [1.165, 1.54) is 37.8 Å². The summed E-state index contributed by atoms with van der Waals surface area (Å²) in [5, 5.41) is 20.2. The van der Waals surface area contributed by atoms with E-state index in [2.05, 4.69) is 39.4 Å². The van der Waals surface area contributed by atoms with Crippen molar-refractivity contribution < 1.29 is 14.6 Å². The van der Waals surface area contributed by atoms with Gasteiger partial charge in [-0.3, -0.25) is 4.79 Å². The number of hydrogen-bond acceptors (Lipinski definition) is 6. The fraction of sp³-hybridized carbons (Fsp3) is 0.667. The first-order valence-electron chi connectivity index (χ1n) is 13.0. The summed E-state index contributed by atoms with van der Waals surface area (Å²) >= 11 is 1.66. The van der Waals surface area contributed by atoms with Crippen molar-refractivity contribution >= 4 is 23.0 Å². The van der Waals surface area contributed by atoms with Crippen LogP contribution >= 0.6 is 11.3 Å². The highest BCUT2D eigenvalue weighted by atomic mass is 32.1. The number of aromatic nitrogens is 2.